The Morgan fingerprint density at radius 2 is 2.25 bits per heavy atom. The zero-order valence-electron chi connectivity index (χ0n) is 12.8. The lowest BCUT2D eigenvalue weighted by atomic mass is 10.2. The van der Waals surface area contributed by atoms with Gasteiger partial charge in [0.1, 0.15) is 15.3 Å². The van der Waals surface area contributed by atoms with E-state index in [1.165, 1.54) is 10.8 Å². The molecular weight excluding hydrogens is 330 g/mol. The number of hydrogen-bond donors (Lipinski definition) is 3. The lowest BCUT2D eigenvalue weighted by Crippen LogP contribution is -2.32. The molecule has 1 aromatic carbocycles. The fraction of sp³-hybridized carbons (Fsp3) is 0.188. The molecular formula is C16H15N3O4S. The minimum Gasteiger partial charge on any atom is -0.477 e. The number of anilines is 1. The van der Waals surface area contributed by atoms with E-state index in [9.17, 15) is 9.59 Å². The summed E-state index contributed by atoms with van der Waals surface area (Å²) in [6, 6.07) is 8.65. The summed E-state index contributed by atoms with van der Waals surface area (Å²) in [6.45, 7) is 1.87. The average Bonchev–Trinajstić information content (AvgIpc) is 2.89. The van der Waals surface area contributed by atoms with Crippen LogP contribution in [0.2, 0.25) is 0 Å². The first-order valence-electron chi connectivity index (χ1n) is 7.05. The van der Waals surface area contributed by atoms with Crippen molar-refractivity contribution in [3.05, 3.63) is 49.4 Å². The van der Waals surface area contributed by atoms with Crippen LogP contribution in [0.3, 0.4) is 0 Å². The Morgan fingerprint density at radius 3 is 2.83 bits per heavy atom. The second-order valence-electron chi connectivity index (χ2n) is 4.76. The highest BCUT2D eigenvalue weighted by Crippen LogP contribution is 2.10. The molecule has 3 N–H and O–H groups in total. The van der Waals surface area contributed by atoms with Crippen molar-refractivity contribution in [2.45, 2.75) is 20.1 Å². The first kappa shape index (κ1) is 17.5. The predicted molar refractivity (Wildman–Crippen MR) is 90.6 cm³/mol. The van der Waals surface area contributed by atoms with Gasteiger partial charge in [-0.25, -0.2) is 4.79 Å². The van der Waals surface area contributed by atoms with Crippen LogP contribution in [-0.4, -0.2) is 20.7 Å². The Bertz CT molecular complexity index is 982. The van der Waals surface area contributed by atoms with Crippen LogP contribution in [0.15, 0.2) is 29.1 Å². The number of hydrogen-bond acceptors (Lipinski definition) is 6. The average molecular weight is 345 g/mol. The highest BCUT2D eigenvalue weighted by molar-refractivity contribution is 7.07. The van der Waals surface area contributed by atoms with Crippen molar-refractivity contribution in [2.75, 3.05) is 5.32 Å². The van der Waals surface area contributed by atoms with Gasteiger partial charge in [0.15, 0.2) is 5.57 Å². The van der Waals surface area contributed by atoms with Crippen LogP contribution in [0.25, 0.3) is 11.8 Å². The highest BCUT2D eigenvalue weighted by Gasteiger charge is 2.13. The lowest BCUT2D eigenvalue weighted by molar-refractivity contribution is -0.130. The molecule has 2 aromatic rings. The fourth-order valence-electron chi connectivity index (χ4n) is 2.09. The van der Waals surface area contributed by atoms with Gasteiger partial charge in [0.2, 0.25) is 0 Å². The number of carboxylic acid groups (broad SMARTS) is 1. The summed E-state index contributed by atoms with van der Waals surface area (Å²) >= 11 is 0.944. The van der Waals surface area contributed by atoms with E-state index in [-0.39, 0.29) is 27.9 Å². The predicted octanol–water partition coefficient (Wildman–Crippen LogP) is 0.0310. The number of nitriles is 1. The molecule has 0 spiro atoms. The molecule has 0 aliphatic heterocycles. The maximum Gasteiger partial charge on any atom is 0.349 e. The molecule has 1 aromatic heterocycles. The van der Waals surface area contributed by atoms with Gasteiger partial charge in [-0.2, -0.15) is 5.26 Å². The third kappa shape index (κ3) is 3.53. The van der Waals surface area contributed by atoms with E-state index in [1.54, 1.807) is 37.3 Å². The molecule has 7 nitrogen and oxygen atoms in total. The van der Waals surface area contributed by atoms with Gasteiger partial charge in [-0.15, -0.1) is 11.3 Å². The summed E-state index contributed by atoms with van der Waals surface area (Å²) in [7, 11) is 0. The number of aliphatic hydroxyl groups is 1. The molecule has 0 saturated carbocycles. The minimum absolute atomic E-state index is 0.0968. The summed E-state index contributed by atoms with van der Waals surface area (Å²) in [5, 5.41) is 30.2. The van der Waals surface area contributed by atoms with E-state index in [0.717, 1.165) is 16.9 Å². The maximum atomic E-state index is 12.4. The third-order valence-electron chi connectivity index (χ3n) is 3.24. The standard InChI is InChI=1S/C16H15N3O4S/c1-2-19-14(21)13(24-15(19)12(7-17)16(22)23)8-18-11-5-3-4-10(6-11)9-20/h3-6,8,18,20H,2,9H2,1H3,(H,22,23)/b13-8+,15-12-. The van der Waals surface area contributed by atoms with Gasteiger partial charge >= 0.3 is 5.97 Å². The number of nitrogens with zero attached hydrogens (tertiary/aromatic N) is 2. The van der Waals surface area contributed by atoms with E-state index < -0.39 is 11.5 Å². The van der Waals surface area contributed by atoms with Gasteiger partial charge in [0.25, 0.3) is 5.56 Å². The van der Waals surface area contributed by atoms with Crippen molar-refractivity contribution in [3.63, 3.8) is 0 Å². The number of aliphatic carboxylic acids is 1. The largest absolute Gasteiger partial charge is 0.477 e. The van der Waals surface area contributed by atoms with Gasteiger partial charge in [-0.1, -0.05) is 12.1 Å². The SMILES string of the molecule is CCn1c(=O)/c(=C\Nc2cccc(CO)c2)s/c1=C(/C#N)C(=O)O. The first-order chi connectivity index (χ1) is 11.5. The van der Waals surface area contributed by atoms with Crippen LogP contribution >= 0.6 is 11.3 Å². The normalized spacial score (nSPS) is 12.6. The lowest BCUT2D eigenvalue weighted by Gasteiger charge is -2.01. The van der Waals surface area contributed by atoms with E-state index in [0.29, 0.717) is 5.69 Å². The van der Waals surface area contributed by atoms with Crippen LogP contribution in [0.1, 0.15) is 12.5 Å². The van der Waals surface area contributed by atoms with Crippen LogP contribution in [0.5, 0.6) is 0 Å². The third-order valence-corrected chi connectivity index (χ3v) is 4.37. The fourth-order valence-corrected chi connectivity index (χ4v) is 3.17. The molecule has 1 heterocycles. The highest BCUT2D eigenvalue weighted by atomic mass is 32.1. The van der Waals surface area contributed by atoms with E-state index in [1.807, 2.05) is 0 Å². The molecule has 124 valence electrons. The molecule has 2 rings (SSSR count). The molecule has 0 amide bonds. The zero-order valence-corrected chi connectivity index (χ0v) is 13.6. The molecule has 0 unspecified atom stereocenters. The number of aliphatic hydroxyl groups excluding tert-OH is 1. The van der Waals surface area contributed by atoms with E-state index in [2.05, 4.69) is 5.32 Å². The summed E-state index contributed by atoms with van der Waals surface area (Å²) in [6.07, 6.45) is 1.47. The van der Waals surface area contributed by atoms with Gasteiger partial charge < -0.3 is 15.5 Å². The Labute approximate surface area is 141 Å². The van der Waals surface area contributed by atoms with Crippen molar-refractivity contribution in [3.8, 4) is 6.07 Å². The van der Waals surface area contributed by atoms with Gasteiger partial charge in [0, 0.05) is 18.4 Å². The first-order valence-corrected chi connectivity index (χ1v) is 7.87. The number of carbonyl (C=O) groups is 1. The van der Waals surface area contributed by atoms with Crippen LogP contribution in [0.4, 0.5) is 5.69 Å². The van der Waals surface area contributed by atoms with E-state index >= 15 is 0 Å². The smallest absolute Gasteiger partial charge is 0.349 e. The number of nitrogens with one attached hydrogen (secondary N) is 1. The molecule has 0 fully saturated rings. The van der Waals surface area contributed by atoms with E-state index in [4.69, 9.17) is 15.5 Å². The van der Waals surface area contributed by atoms with Crippen molar-refractivity contribution in [1.82, 2.24) is 4.57 Å². The monoisotopic (exact) mass is 345 g/mol. The van der Waals surface area contributed by atoms with Crippen LogP contribution in [-0.2, 0) is 17.9 Å². The molecule has 0 radical (unpaired) electrons. The van der Waals surface area contributed by atoms with Gasteiger partial charge in [0.05, 0.1) is 6.61 Å². The number of aromatic nitrogens is 1. The number of rotatable bonds is 5. The molecule has 0 bridgehead atoms. The van der Waals surface area contributed by atoms with Gasteiger partial charge in [-0.3, -0.25) is 9.36 Å². The van der Waals surface area contributed by atoms with Crippen LogP contribution < -0.4 is 20.1 Å². The Kier molecular flexibility index (Phi) is 5.52. The molecule has 0 saturated heterocycles. The molecule has 8 heteroatoms. The quantitative estimate of drug-likeness (QED) is 0.704. The molecule has 0 atom stereocenters. The molecule has 0 aliphatic rings. The summed E-state index contributed by atoms with van der Waals surface area (Å²) in [5.41, 5.74) is 0.581. The zero-order chi connectivity index (χ0) is 17.7. The van der Waals surface area contributed by atoms with Crippen molar-refractivity contribution in [2.24, 2.45) is 0 Å². The topological polar surface area (TPSA) is 115 Å². The molecule has 0 aliphatic carbocycles. The number of benzene rings is 1. The Balaban J connectivity index is 2.56. The Hall–Kier alpha value is -2.89. The van der Waals surface area contributed by atoms with Crippen molar-refractivity contribution in [1.29, 1.82) is 5.26 Å². The minimum atomic E-state index is -1.36. The summed E-state index contributed by atoms with van der Waals surface area (Å²) < 4.78 is 1.67. The number of thiazole rings is 1. The number of carboxylic acids is 1. The Morgan fingerprint density at radius 1 is 1.50 bits per heavy atom. The maximum absolute atomic E-state index is 12.4. The van der Waals surface area contributed by atoms with Crippen molar-refractivity contribution < 1.29 is 15.0 Å². The second-order valence-corrected chi connectivity index (χ2v) is 5.79. The second kappa shape index (κ2) is 7.59. The van der Waals surface area contributed by atoms with Crippen molar-refractivity contribution >= 4 is 34.8 Å². The molecule has 24 heavy (non-hydrogen) atoms. The van der Waals surface area contributed by atoms with Gasteiger partial charge in [-0.05, 0) is 24.6 Å². The summed E-state index contributed by atoms with van der Waals surface area (Å²) in [4.78, 5) is 23.5. The summed E-state index contributed by atoms with van der Waals surface area (Å²) in [5.74, 6) is -1.36. The van der Waals surface area contributed by atoms with Crippen LogP contribution in [0, 0.1) is 11.3 Å².